The summed E-state index contributed by atoms with van der Waals surface area (Å²) in [6, 6.07) is -0.483. The van der Waals surface area contributed by atoms with E-state index in [1.54, 1.807) is 14.0 Å². The molecular weight excluding hydrogens is 200 g/mol. The molecule has 0 aliphatic carbocycles. The van der Waals surface area contributed by atoms with E-state index in [0.717, 1.165) is 0 Å². The van der Waals surface area contributed by atoms with Crippen LogP contribution in [0, 0.1) is 0 Å². The minimum absolute atomic E-state index is 0.0833. The number of esters is 1. The number of hydrogen-bond donors (Lipinski definition) is 2. The van der Waals surface area contributed by atoms with Crippen molar-refractivity contribution in [2.45, 2.75) is 13.0 Å². The molecule has 0 aromatic heterocycles. The second kappa shape index (κ2) is 8.19. The highest BCUT2D eigenvalue weighted by molar-refractivity contribution is 5.80. The molecule has 88 valence electrons. The Morgan fingerprint density at radius 1 is 1.33 bits per heavy atom. The summed E-state index contributed by atoms with van der Waals surface area (Å²) in [6.07, 6.45) is 0. The summed E-state index contributed by atoms with van der Waals surface area (Å²) in [5.41, 5.74) is 0. The standard InChI is InChI=1S/C9H18N2O4/c1-7(9(13)15-3)11-6-8(12)10-4-5-14-2/h7,11H,4-6H2,1-3H3,(H,10,12). The third-order valence-corrected chi connectivity index (χ3v) is 1.75. The quantitative estimate of drug-likeness (QED) is 0.419. The predicted molar refractivity (Wildman–Crippen MR) is 54.4 cm³/mol. The number of hydrogen-bond acceptors (Lipinski definition) is 5. The zero-order chi connectivity index (χ0) is 11.7. The Morgan fingerprint density at radius 2 is 2.00 bits per heavy atom. The third-order valence-electron chi connectivity index (χ3n) is 1.75. The summed E-state index contributed by atoms with van der Waals surface area (Å²) in [6.45, 7) is 2.65. The molecule has 0 saturated carbocycles. The van der Waals surface area contributed by atoms with Gasteiger partial charge in [0, 0.05) is 13.7 Å². The molecule has 0 rings (SSSR count). The number of rotatable bonds is 7. The molecule has 0 fully saturated rings. The minimum Gasteiger partial charge on any atom is -0.468 e. The van der Waals surface area contributed by atoms with Crippen molar-refractivity contribution >= 4 is 11.9 Å². The third kappa shape index (κ3) is 6.87. The van der Waals surface area contributed by atoms with Gasteiger partial charge in [-0.1, -0.05) is 0 Å². The topological polar surface area (TPSA) is 76.7 Å². The average molecular weight is 218 g/mol. The first-order valence-corrected chi connectivity index (χ1v) is 4.68. The van der Waals surface area contributed by atoms with E-state index in [1.807, 2.05) is 0 Å². The normalized spacial score (nSPS) is 11.9. The van der Waals surface area contributed by atoms with Gasteiger partial charge in [0.2, 0.25) is 5.91 Å². The second-order valence-electron chi connectivity index (χ2n) is 2.97. The second-order valence-corrected chi connectivity index (χ2v) is 2.97. The van der Waals surface area contributed by atoms with E-state index in [0.29, 0.717) is 13.2 Å². The Bertz CT molecular complexity index is 208. The molecule has 1 unspecified atom stereocenters. The van der Waals surface area contributed by atoms with Gasteiger partial charge in [-0.2, -0.15) is 0 Å². The molecule has 0 aliphatic rings. The van der Waals surface area contributed by atoms with Crippen molar-refractivity contribution in [3.8, 4) is 0 Å². The first kappa shape index (κ1) is 13.9. The van der Waals surface area contributed by atoms with Crippen LogP contribution in [0.5, 0.6) is 0 Å². The van der Waals surface area contributed by atoms with Crippen LogP contribution < -0.4 is 10.6 Å². The summed E-state index contributed by atoms with van der Waals surface area (Å²) in [7, 11) is 2.86. The smallest absolute Gasteiger partial charge is 0.322 e. The number of methoxy groups -OCH3 is 2. The SMILES string of the molecule is COCCNC(=O)CNC(C)C(=O)OC. The van der Waals surface area contributed by atoms with Crippen molar-refractivity contribution in [2.24, 2.45) is 0 Å². The lowest BCUT2D eigenvalue weighted by molar-refractivity contribution is -0.142. The molecule has 1 amide bonds. The molecule has 6 nitrogen and oxygen atoms in total. The van der Waals surface area contributed by atoms with Gasteiger partial charge in [0.1, 0.15) is 6.04 Å². The number of amides is 1. The van der Waals surface area contributed by atoms with Crippen LogP contribution in [0.4, 0.5) is 0 Å². The van der Waals surface area contributed by atoms with E-state index in [2.05, 4.69) is 15.4 Å². The lowest BCUT2D eigenvalue weighted by Crippen LogP contribution is -2.42. The van der Waals surface area contributed by atoms with Crippen LogP contribution >= 0.6 is 0 Å². The number of ether oxygens (including phenoxy) is 2. The Balaban J connectivity index is 3.57. The van der Waals surface area contributed by atoms with E-state index in [4.69, 9.17) is 4.74 Å². The van der Waals surface area contributed by atoms with E-state index >= 15 is 0 Å². The Kier molecular flexibility index (Phi) is 7.57. The Labute approximate surface area is 89.3 Å². The number of carbonyl (C=O) groups is 2. The van der Waals surface area contributed by atoms with Crippen molar-refractivity contribution in [2.75, 3.05) is 33.9 Å². The summed E-state index contributed by atoms with van der Waals surface area (Å²) in [4.78, 5) is 22.1. The highest BCUT2D eigenvalue weighted by Crippen LogP contribution is 1.84. The van der Waals surface area contributed by atoms with Crippen LogP contribution in [0.1, 0.15) is 6.92 Å². The van der Waals surface area contributed by atoms with Crippen molar-refractivity contribution in [1.82, 2.24) is 10.6 Å². The Hall–Kier alpha value is -1.14. The van der Waals surface area contributed by atoms with Gasteiger partial charge in [0.25, 0.3) is 0 Å². The fraction of sp³-hybridized carbons (Fsp3) is 0.778. The fourth-order valence-corrected chi connectivity index (χ4v) is 0.861. The van der Waals surface area contributed by atoms with Crippen LogP contribution in [-0.4, -0.2) is 51.8 Å². The van der Waals surface area contributed by atoms with E-state index < -0.39 is 6.04 Å². The first-order valence-electron chi connectivity index (χ1n) is 4.68. The van der Waals surface area contributed by atoms with Crippen molar-refractivity contribution < 1.29 is 19.1 Å². The zero-order valence-corrected chi connectivity index (χ0v) is 9.33. The lowest BCUT2D eigenvalue weighted by atomic mass is 10.3. The largest absolute Gasteiger partial charge is 0.468 e. The molecule has 0 aromatic rings. The number of carbonyl (C=O) groups excluding carboxylic acids is 2. The summed E-state index contributed by atoms with van der Waals surface area (Å²) < 4.78 is 9.25. The van der Waals surface area contributed by atoms with Crippen molar-refractivity contribution in [1.29, 1.82) is 0 Å². The van der Waals surface area contributed by atoms with Crippen LogP contribution in [0.25, 0.3) is 0 Å². The van der Waals surface area contributed by atoms with Gasteiger partial charge in [-0.3, -0.25) is 14.9 Å². The molecule has 0 saturated heterocycles. The van der Waals surface area contributed by atoms with E-state index in [9.17, 15) is 9.59 Å². The highest BCUT2D eigenvalue weighted by Gasteiger charge is 2.13. The molecule has 6 heteroatoms. The minimum atomic E-state index is -0.483. The molecule has 15 heavy (non-hydrogen) atoms. The van der Waals surface area contributed by atoms with Gasteiger partial charge >= 0.3 is 5.97 Å². The van der Waals surface area contributed by atoms with Crippen molar-refractivity contribution in [3.05, 3.63) is 0 Å². The molecular formula is C9H18N2O4. The Morgan fingerprint density at radius 3 is 2.53 bits per heavy atom. The molecule has 0 radical (unpaired) electrons. The maximum absolute atomic E-state index is 11.2. The molecule has 0 spiro atoms. The van der Waals surface area contributed by atoms with Gasteiger partial charge in [-0.05, 0) is 6.92 Å². The molecule has 2 N–H and O–H groups in total. The van der Waals surface area contributed by atoms with Gasteiger partial charge in [0.15, 0.2) is 0 Å². The van der Waals surface area contributed by atoms with Gasteiger partial charge < -0.3 is 14.8 Å². The predicted octanol–water partition coefficient (Wildman–Crippen LogP) is -1.10. The van der Waals surface area contributed by atoms with Gasteiger partial charge in [0.05, 0.1) is 20.3 Å². The maximum atomic E-state index is 11.2. The average Bonchev–Trinajstić information content (AvgIpc) is 2.25. The highest BCUT2D eigenvalue weighted by atomic mass is 16.5. The maximum Gasteiger partial charge on any atom is 0.322 e. The summed E-state index contributed by atoms with van der Waals surface area (Å²) in [5, 5.41) is 5.35. The van der Waals surface area contributed by atoms with E-state index in [-0.39, 0.29) is 18.4 Å². The van der Waals surface area contributed by atoms with Crippen LogP contribution in [0.2, 0.25) is 0 Å². The summed E-state index contributed by atoms with van der Waals surface area (Å²) in [5.74, 6) is -0.567. The van der Waals surface area contributed by atoms with Crippen molar-refractivity contribution in [3.63, 3.8) is 0 Å². The van der Waals surface area contributed by atoms with Crippen LogP contribution in [-0.2, 0) is 19.1 Å². The van der Waals surface area contributed by atoms with Crippen LogP contribution in [0.15, 0.2) is 0 Å². The molecule has 0 heterocycles. The van der Waals surface area contributed by atoms with Crippen LogP contribution in [0.3, 0.4) is 0 Å². The zero-order valence-electron chi connectivity index (χ0n) is 9.33. The first-order chi connectivity index (χ1) is 7.11. The monoisotopic (exact) mass is 218 g/mol. The molecule has 0 aliphatic heterocycles. The molecule has 0 bridgehead atoms. The lowest BCUT2D eigenvalue weighted by Gasteiger charge is -2.11. The molecule has 0 aromatic carbocycles. The van der Waals surface area contributed by atoms with E-state index in [1.165, 1.54) is 7.11 Å². The summed E-state index contributed by atoms with van der Waals surface area (Å²) >= 11 is 0. The fourth-order valence-electron chi connectivity index (χ4n) is 0.861. The van der Waals surface area contributed by atoms with Gasteiger partial charge in [-0.15, -0.1) is 0 Å². The number of nitrogens with one attached hydrogen (secondary N) is 2. The molecule has 1 atom stereocenters. The van der Waals surface area contributed by atoms with Gasteiger partial charge in [-0.25, -0.2) is 0 Å².